The second-order valence-electron chi connectivity index (χ2n) is 5.91. The molecule has 1 aliphatic rings. The van der Waals surface area contributed by atoms with Crippen LogP contribution in [0.15, 0.2) is 0 Å². The molecule has 0 amide bonds. The van der Waals surface area contributed by atoms with Crippen LogP contribution in [0.2, 0.25) is 0 Å². The van der Waals surface area contributed by atoms with Gasteiger partial charge in [0, 0.05) is 32.9 Å². The molecule has 1 rings (SSSR count). The van der Waals surface area contributed by atoms with Crippen molar-refractivity contribution in [3.05, 3.63) is 0 Å². The molecule has 0 spiro atoms. The number of hydrogen-bond acceptors (Lipinski definition) is 4. The largest absolute Gasteiger partial charge is 0.396 e. The van der Waals surface area contributed by atoms with Crippen LogP contribution in [0, 0.1) is 5.41 Å². The van der Waals surface area contributed by atoms with Crippen LogP contribution in [0.3, 0.4) is 0 Å². The number of nitrogens with zero attached hydrogens (tertiary/aromatic N) is 1. The van der Waals surface area contributed by atoms with Gasteiger partial charge in [-0.2, -0.15) is 0 Å². The van der Waals surface area contributed by atoms with Gasteiger partial charge in [-0.1, -0.05) is 6.92 Å². The molecule has 0 bridgehead atoms. The fraction of sp³-hybridized carbons (Fsp3) is 1.00. The molecule has 0 saturated carbocycles. The van der Waals surface area contributed by atoms with Gasteiger partial charge in [0.2, 0.25) is 0 Å². The fourth-order valence-electron chi connectivity index (χ4n) is 2.91. The number of aliphatic hydroxyl groups is 1. The van der Waals surface area contributed by atoms with Crippen LogP contribution in [-0.2, 0) is 4.74 Å². The van der Waals surface area contributed by atoms with Gasteiger partial charge >= 0.3 is 0 Å². The number of aliphatic hydroxyl groups excluding tert-OH is 1. The Kier molecular flexibility index (Phi) is 8.62. The Labute approximate surface area is 118 Å². The third-order valence-corrected chi connectivity index (χ3v) is 4.11. The highest BCUT2D eigenvalue weighted by atomic mass is 16.5. The first-order chi connectivity index (χ1) is 9.22. The summed E-state index contributed by atoms with van der Waals surface area (Å²) in [4.78, 5) is 2.46. The van der Waals surface area contributed by atoms with Gasteiger partial charge < -0.3 is 20.1 Å². The van der Waals surface area contributed by atoms with Crippen LogP contribution in [0.4, 0.5) is 0 Å². The molecule has 4 heteroatoms. The second kappa shape index (κ2) is 9.70. The van der Waals surface area contributed by atoms with Crippen molar-refractivity contribution in [3.63, 3.8) is 0 Å². The molecular formula is C15H32N2O2. The zero-order valence-electron chi connectivity index (χ0n) is 12.8. The Hall–Kier alpha value is -0.160. The average molecular weight is 272 g/mol. The minimum absolute atomic E-state index is 0.325. The molecule has 0 unspecified atom stereocenters. The molecule has 1 saturated heterocycles. The van der Waals surface area contributed by atoms with Crippen LogP contribution in [0.5, 0.6) is 0 Å². The smallest absolute Gasteiger partial charge is 0.0472 e. The van der Waals surface area contributed by atoms with Crippen molar-refractivity contribution < 1.29 is 9.84 Å². The summed E-state index contributed by atoms with van der Waals surface area (Å²) in [5.74, 6) is 0. The summed E-state index contributed by atoms with van der Waals surface area (Å²) in [6, 6.07) is 0. The summed E-state index contributed by atoms with van der Waals surface area (Å²) in [5.41, 5.74) is 0.389. The van der Waals surface area contributed by atoms with Gasteiger partial charge in [0.1, 0.15) is 0 Å². The zero-order valence-corrected chi connectivity index (χ0v) is 12.8. The summed E-state index contributed by atoms with van der Waals surface area (Å²) in [6.45, 7) is 8.75. The van der Waals surface area contributed by atoms with E-state index in [1.54, 1.807) is 0 Å². The molecular weight excluding hydrogens is 240 g/mol. The Balaban J connectivity index is 2.33. The standard InChI is InChI=1S/C15H32N2O2/c1-3-16-13-15(7-11-19-12-8-15)14-17(2)9-5-4-6-10-18/h16,18H,3-14H2,1-2H3. The molecule has 0 aliphatic carbocycles. The Morgan fingerprint density at radius 3 is 2.58 bits per heavy atom. The van der Waals surface area contributed by atoms with Crippen molar-refractivity contribution in [1.29, 1.82) is 0 Å². The lowest BCUT2D eigenvalue weighted by atomic mass is 9.79. The van der Waals surface area contributed by atoms with Gasteiger partial charge in [0.25, 0.3) is 0 Å². The van der Waals surface area contributed by atoms with E-state index in [0.717, 1.165) is 52.2 Å². The minimum Gasteiger partial charge on any atom is -0.396 e. The second-order valence-corrected chi connectivity index (χ2v) is 5.91. The predicted molar refractivity (Wildman–Crippen MR) is 79.5 cm³/mol. The summed E-state index contributed by atoms with van der Waals surface area (Å²) in [6.07, 6.45) is 5.58. The van der Waals surface area contributed by atoms with Gasteiger partial charge in [0.05, 0.1) is 0 Å². The van der Waals surface area contributed by atoms with Gasteiger partial charge in [-0.15, -0.1) is 0 Å². The number of hydrogen-bond donors (Lipinski definition) is 2. The first kappa shape index (κ1) is 16.9. The highest BCUT2D eigenvalue weighted by Crippen LogP contribution is 2.30. The first-order valence-electron chi connectivity index (χ1n) is 7.80. The van der Waals surface area contributed by atoms with Crippen molar-refractivity contribution >= 4 is 0 Å². The van der Waals surface area contributed by atoms with Gasteiger partial charge in [-0.25, -0.2) is 0 Å². The number of ether oxygens (including phenoxy) is 1. The maximum atomic E-state index is 8.79. The average Bonchev–Trinajstić information content (AvgIpc) is 2.42. The van der Waals surface area contributed by atoms with Crippen LogP contribution >= 0.6 is 0 Å². The predicted octanol–water partition coefficient (Wildman–Crippen LogP) is 1.49. The molecule has 1 heterocycles. The van der Waals surface area contributed by atoms with Crippen molar-refractivity contribution in [3.8, 4) is 0 Å². The third-order valence-electron chi connectivity index (χ3n) is 4.11. The molecule has 2 N–H and O–H groups in total. The summed E-state index contributed by atoms with van der Waals surface area (Å²) >= 11 is 0. The molecule has 0 aromatic rings. The number of nitrogens with one attached hydrogen (secondary N) is 1. The third kappa shape index (κ3) is 6.70. The maximum Gasteiger partial charge on any atom is 0.0472 e. The molecule has 0 aromatic carbocycles. The topological polar surface area (TPSA) is 44.7 Å². The van der Waals surface area contributed by atoms with E-state index in [9.17, 15) is 0 Å². The summed E-state index contributed by atoms with van der Waals surface area (Å²) in [7, 11) is 2.22. The maximum absolute atomic E-state index is 8.79. The van der Waals surface area contributed by atoms with Crippen molar-refractivity contribution in [2.75, 3.05) is 53.0 Å². The van der Waals surface area contributed by atoms with Crippen molar-refractivity contribution in [2.45, 2.75) is 39.0 Å². The van der Waals surface area contributed by atoms with E-state index < -0.39 is 0 Å². The zero-order chi connectivity index (χ0) is 14.0. The van der Waals surface area contributed by atoms with E-state index in [1.807, 2.05) is 0 Å². The highest BCUT2D eigenvalue weighted by molar-refractivity contribution is 4.86. The lowest BCUT2D eigenvalue weighted by Gasteiger charge is -2.40. The lowest BCUT2D eigenvalue weighted by Crippen LogP contribution is -2.46. The normalized spacial score (nSPS) is 18.9. The van der Waals surface area contributed by atoms with Crippen molar-refractivity contribution in [1.82, 2.24) is 10.2 Å². The summed E-state index contributed by atoms with van der Waals surface area (Å²) in [5, 5.41) is 12.3. The minimum atomic E-state index is 0.325. The van der Waals surface area contributed by atoms with E-state index in [0.29, 0.717) is 12.0 Å². The quantitative estimate of drug-likeness (QED) is 0.591. The van der Waals surface area contributed by atoms with Gasteiger partial charge in [-0.05, 0) is 57.7 Å². The first-order valence-corrected chi connectivity index (χ1v) is 7.80. The fourth-order valence-corrected chi connectivity index (χ4v) is 2.91. The molecule has 114 valence electrons. The Morgan fingerprint density at radius 2 is 1.95 bits per heavy atom. The molecule has 0 atom stereocenters. The van der Waals surface area contributed by atoms with E-state index in [4.69, 9.17) is 9.84 Å². The van der Waals surface area contributed by atoms with Gasteiger partial charge in [0.15, 0.2) is 0 Å². The Bertz CT molecular complexity index is 218. The van der Waals surface area contributed by atoms with E-state index in [2.05, 4.69) is 24.2 Å². The molecule has 0 aromatic heterocycles. The van der Waals surface area contributed by atoms with Crippen LogP contribution < -0.4 is 5.32 Å². The van der Waals surface area contributed by atoms with E-state index in [1.165, 1.54) is 19.3 Å². The van der Waals surface area contributed by atoms with Crippen LogP contribution in [0.25, 0.3) is 0 Å². The molecule has 4 nitrogen and oxygen atoms in total. The number of unbranched alkanes of at least 4 members (excludes halogenated alkanes) is 2. The summed E-state index contributed by atoms with van der Waals surface area (Å²) < 4.78 is 5.53. The molecule has 19 heavy (non-hydrogen) atoms. The van der Waals surface area contributed by atoms with Gasteiger partial charge in [-0.3, -0.25) is 0 Å². The van der Waals surface area contributed by atoms with E-state index in [-0.39, 0.29) is 0 Å². The molecule has 1 aliphatic heterocycles. The van der Waals surface area contributed by atoms with E-state index >= 15 is 0 Å². The lowest BCUT2D eigenvalue weighted by molar-refractivity contribution is -0.000536. The molecule has 1 fully saturated rings. The Morgan fingerprint density at radius 1 is 1.21 bits per heavy atom. The highest BCUT2D eigenvalue weighted by Gasteiger charge is 2.33. The van der Waals surface area contributed by atoms with Crippen LogP contribution in [-0.4, -0.2) is 63.1 Å². The SMILES string of the molecule is CCNCC1(CN(C)CCCCCO)CCOCC1. The number of rotatable bonds is 10. The van der Waals surface area contributed by atoms with Crippen molar-refractivity contribution in [2.24, 2.45) is 5.41 Å². The molecule has 0 radical (unpaired) electrons. The monoisotopic (exact) mass is 272 g/mol. The van der Waals surface area contributed by atoms with Crippen LogP contribution in [0.1, 0.15) is 39.0 Å².